The van der Waals surface area contributed by atoms with Gasteiger partial charge in [-0.25, -0.2) is 4.98 Å². The molecule has 0 spiro atoms. The highest BCUT2D eigenvalue weighted by molar-refractivity contribution is 7.14. The van der Waals surface area contributed by atoms with E-state index >= 15 is 0 Å². The van der Waals surface area contributed by atoms with Crippen LogP contribution in [0.3, 0.4) is 0 Å². The SMILES string of the molecule is Cc1ccc(N)cc1NC(=O)c1sc(C2CCCC2)nc1C.Cl.Cl. The van der Waals surface area contributed by atoms with Gasteiger partial charge >= 0.3 is 0 Å². The number of aromatic nitrogens is 1. The second-order valence-corrected chi connectivity index (χ2v) is 7.01. The highest BCUT2D eigenvalue weighted by atomic mass is 35.5. The van der Waals surface area contributed by atoms with E-state index in [9.17, 15) is 4.79 Å². The molecule has 132 valence electrons. The number of anilines is 2. The maximum absolute atomic E-state index is 12.5. The molecular weight excluding hydrogens is 365 g/mol. The lowest BCUT2D eigenvalue weighted by molar-refractivity contribution is 0.102. The molecule has 0 unspecified atom stereocenters. The van der Waals surface area contributed by atoms with Gasteiger partial charge in [0.15, 0.2) is 0 Å². The fraction of sp³-hybridized carbons (Fsp3) is 0.412. The van der Waals surface area contributed by atoms with Crippen molar-refractivity contribution in [2.45, 2.75) is 45.4 Å². The van der Waals surface area contributed by atoms with Crippen LogP contribution in [0.2, 0.25) is 0 Å². The second-order valence-electron chi connectivity index (χ2n) is 5.98. The van der Waals surface area contributed by atoms with Gasteiger partial charge in [0.25, 0.3) is 5.91 Å². The van der Waals surface area contributed by atoms with E-state index in [4.69, 9.17) is 5.73 Å². The molecule has 3 N–H and O–H groups in total. The number of carbonyl (C=O) groups excluding carboxylic acids is 1. The smallest absolute Gasteiger partial charge is 0.267 e. The Labute approximate surface area is 159 Å². The maximum atomic E-state index is 12.5. The van der Waals surface area contributed by atoms with E-state index in [1.165, 1.54) is 37.0 Å². The summed E-state index contributed by atoms with van der Waals surface area (Å²) in [5.74, 6) is 0.451. The molecule has 1 aromatic carbocycles. The van der Waals surface area contributed by atoms with Gasteiger partial charge in [-0.05, 0) is 44.4 Å². The van der Waals surface area contributed by atoms with Crippen LogP contribution in [0.15, 0.2) is 18.2 Å². The summed E-state index contributed by atoms with van der Waals surface area (Å²) >= 11 is 1.54. The first-order valence-corrected chi connectivity index (χ1v) is 8.51. The third kappa shape index (κ3) is 4.41. The van der Waals surface area contributed by atoms with Gasteiger partial charge in [-0.1, -0.05) is 18.9 Å². The van der Waals surface area contributed by atoms with Crippen molar-refractivity contribution in [1.82, 2.24) is 4.98 Å². The molecular formula is C17H23Cl2N3OS. The van der Waals surface area contributed by atoms with Gasteiger partial charge in [-0.15, -0.1) is 36.2 Å². The van der Waals surface area contributed by atoms with Gasteiger partial charge in [0.1, 0.15) is 4.88 Å². The number of nitrogens with two attached hydrogens (primary N) is 1. The van der Waals surface area contributed by atoms with E-state index in [0.717, 1.165) is 22.0 Å². The zero-order valence-corrected chi connectivity index (χ0v) is 16.2. The Kier molecular flexibility index (Phi) is 7.52. The van der Waals surface area contributed by atoms with E-state index in [0.29, 0.717) is 16.5 Å². The number of hydrogen-bond acceptors (Lipinski definition) is 4. The molecule has 0 aliphatic heterocycles. The Morgan fingerprint density at radius 1 is 1.25 bits per heavy atom. The van der Waals surface area contributed by atoms with Crippen molar-refractivity contribution in [2.24, 2.45) is 0 Å². The Morgan fingerprint density at radius 3 is 2.58 bits per heavy atom. The van der Waals surface area contributed by atoms with E-state index in [1.807, 2.05) is 26.0 Å². The van der Waals surface area contributed by atoms with Crippen molar-refractivity contribution < 1.29 is 4.79 Å². The van der Waals surface area contributed by atoms with Crippen LogP contribution in [0.1, 0.15) is 57.5 Å². The summed E-state index contributed by atoms with van der Waals surface area (Å²) in [6.07, 6.45) is 4.94. The van der Waals surface area contributed by atoms with Crippen LogP contribution >= 0.6 is 36.2 Å². The molecule has 1 amide bonds. The van der Waals surface area contributed by atoms with Crippen molar-refractivity contribution in [3.05, 3.63) is 39.3 Å². The number of nitrogens with one attached hydrogen (secondary N) is 1. The van der Waals surface area contributed by atoms with Gasteiger partial charge in [0.2, 0.25) is 0 Å². The first-order chi connectivity index (χ1) is 10.5. The van der Waals surface area contributed by atoms with E-state index in [1.54, 1.807) is 6.07 Å². The minimum atomic E-state index is -0.0899. The van der Waals surface area contributed by atoms with Crippen LogP contribution in [0.25, 0.3) is 0 Å². The number of aryl methyl sites for hydroxylation is 2. The van der Waals surface area contributed by atoms with Crippen molar-refractivity contribution in [3.63, 3.8) is 0 Å². The molecule has 1 heterocycles. The van der Waals surface area contributed by atoms with Crippen molar-refractivity contribution in [1.29, 1.82) is 0 Å². The first kappa shape index (κ1) is 20.7. The molecule has 1 fully saturated rings. The molecule has 3 rings (SSSR count). The largest absolute Gasteiger partial charge is 0.399 e. The Balaban J connectivity index is 0.00000144. The Morgan fingerprint density at radius 2 is 1.92 bits per heavy atom. The summed E-state index contributed by atoms with van der Waals surface area (Å²) in [6, 6.07) is 5.54. The second kappa shape index (κ2) is 8.70. The zero-order valence-electron chi connectivity index (χ0n) is 13.8. The molecule has 0 atom stereocenters. The molecule has 4 nitrogen and oxygen atoms in total. The fourth-order valence-electron chi connectivity index (χ4n) is 2.93. The number of benzene rings is 1. The topological polar surface area (TPSA) is 68.0 Å². The van der Waals surface area contributed by atoms with Gasteiger partial charge in [-0.2, -0.15) is 0 Å². The normalized spacial score (nSPS) is 13.9. The standard InChI is InChI=1S/C17H21N3OS.2ClH/c1-10-7-8-13(18)9-14(10)20-16(21)15-11(2)19-17(22-15)12-5-3-4-6-12;;/h7-9,12H,3-6,18H2,1-2H3,(H,20,21);2*1H. The van der Waals surface area contributed by atoms with Gasteiger partial charge in [0, 0.05) is 17.3 Å². The third-order valence-corrected chi connectivity index (χ3v) is 5.55. The van der Waals surface area contributed by atoms with Crippen molar-refractivity contribution in [3.8, 4) is 0 Å². The summed E-state index contributed by atoms with van der Waals surface area (Å²) in [4.78, 5) is 17.9. The number of halogens is 2. The molecule has 7 heteroatoms. The predicted molar refractivity (Wildman–Crippen MR) is 106 cm³/mol. The number of nitrogens with zero attached hydrogens (tertiary/aromatic N) is 1. The number of thiazole rings is 1. The quantitative estimate of drug-likeness (QED) is 0.719. The zero-order chi connectivity index (χ0) is 15.7. The van der Waals surface area contributed by atoms with Gasteiger partial charge in [-0.3, -0.25) is 4.79 Å². The number of amides is 1. The van der Waals surface area contributed by atoms with Crippen LogP contribution in [-0.2, 0) is 0 Å². The molecule has 0 saturated heterocycles. The minimum absolute atomic E-state index is 0. The van der Waals surface area contributed by atoms with Crippen LogP contribution in [0.4, 0.5) is 11.4 Å². The summed E-state index contributed by atoms with van der Waals surface area (Å²) in [5.41, 5.74) is 9.03. The lowest BCUT2D eigenvalue weighted by atomic mass is 10.1. The van der Waals surface area contributed by atoms with Gasteiger partial charge in [0.05, 0.1) is 10.7 Å². The van der Waals surface area contributed by atoms with Crippen molar-refractivity contribution >= 4 is 53.4 Å². The molecule has 0 bridgehead atoms. The van der Waals surface area contributed by atoms with Crippen LogP contribution in [0, 0.1) is 13.8 Å². The average molecular weight is 388 g/mol. The van der Waals surface area contributed by atoms with E-state index in [2.05, 4.69) is 10.3 Å². The third-order valence-electron chi connectivity index (χ3n) is 4.23. The molecule has 1 aliphatic rings. The Hall–Kier alpha value is -1.30. The van der Waals surface area contributed by atoms with Crippen LogP contribution in [-0.4, -0.2) is 10.9 Å². The minimum Gasteiger partial charge on any atom is -0.399 e. The molecule has 2 aromatic rings. The molecule has 1 saturated carbocycles. The summed E-state index contributed by atoms with van der Waals surface area (Å²) in [7, 11) is 0. The maximum Gasteiger partial charge on any atom is 0.267 e. The van der Waals surface area contributed by atoms with Crippen LogP contribution < -0.4 is 11.1 Å². The van der Waals surface area contributed by atoms with Crippen molar-refractivity contribution in [2.75, 3.05) is 11.1 Å². The molecule has 24 heavy (non-hydrogen) atoms. The molecule has 0 radical (unpaired) electrons. The average Bonchev–Trinajstić information content (AvgIpc) is 3.11. The lowest BCUT2D eigenvalue weighted by Crippen LogP contribution is -2.12. The first-order valence-electron chi connectivity index (χ1n) is 7.69. The molecule has 1 aliphatic carbocycles. The van der Waals surface area contributed by atoms with Gasteiger partial charge < -0.3 is 11.1 Å². The number of nitrogen functional groups attached to an aromatic ring is 1. The fourth-order valence-corrected chi connectivity index (χ4v) is 4.06. The lowest BCUT2D eigenvalue weighted by Gasteiger charge is -2.08. The monoisotopic (exact) mass is 387 g/mol. The number of hydrogen-bond donors (Lipinski definition) is 2. The summed E-state index contributed by atoms with van der Waals surface area (Å²) < 4.78 is 0. The highest BCUT2D eigenvalue weighted by Crippen LogP contribution is 2.37. The van der Waals surface area contributed by atoms with Crippen LogP contribution in [0.5, 0.6) is 0 Å². The highest BCUT2D eigenvalue weighted by Gasteiger charge is 2.24. The van der Waals surface area contributed by atoms with E-state index in [-0.39, 0.29) is 30.7 Å². The number of rotatable bonds is 3. The Bertz CT molecular complexity index is 712. The summed E-state index contributed by atoms with van der Waals surface area (Å²) in [6.45, 7) is 3.87. The van der Waals surface area contributed by atoms with E-state index < -0.39 is 0 Å². The molecule has 1 aromatic heterocycles. The number of carbonyl (C=O) groups is 1. The predicted octanol–water partition coefficient (Wildman–Crippen LogP) is 5.10. The summed E-state index contributed by atoms with van der Waals surface area (Å²) in [5, 5.41) is 4.08.